The summed E-state index contributed by atoms with van der Waals surface area (Å²) in [6.45, 7) is 1.07. The Balaban J connectivity index is 1.57. The van der Waals surface area contributed by atoms with Crippen molar-refractivity contribution in [2.75, 3.05) is 33.2 Å². The van der Waals surface area contributed by atoms with E-state index >= 15 is 0 Å². The topological polar surface area (TPSA) is 46.1 Å². The van der Waals surface area contributed by atoms with Crippen molar-refractivity contribution >= 4 is 11.4 Å². The van der Waals surface area contributed by atoms with Crippen molar-refractivity contribution in [2.24, 2.45) is 5.10 Å². The minimum absolute atomic E-state index is 0.100. The highest BCUT2D eigenvalue weighted by molar-refractivity contribution is 5.87. The van der Waals surface area contributed by atoms with Crippen LogP contribution < -0.4 is 14.9 Å². The first-order valence-electron chi connectivity index (χ1n) is 10.1. The van der Waals surface area contributed by atoms with Crippen LogP contribution in [0.3, 0.4) is 0 Å². The number of methoxy groups -OCH3 is 2. The number of rotatable bonds is 5. The molecule has 29 heavy (non-hydrogen) atoms. The molecule has 1 saturated carbocycles. The van der Waals surface area contributed by atoms with E-state index in [4.69, 9.17) is 9.47 Å². The lowest BCUT2D eigenvalue weighted by molar-refractivity contribution is 0.226. The van der Waals surface area contributed by atoms with Gasteiger partial charge in [-0.15, -0.1) is 0 Å². The summed E-state index contributed by atoms with van der Waals surface area (Å²) in [4.78, 5) is 2.45. The molecule has 0 unspecified atom stereocenters. The molecule has 2 fully saturated rings. The predicted molar refractivity (Wildman–Crippen MR) is 114 cm³/mol. The van der Waals surface area contributed by atoms with Crippen LogP contribution in [0, 0.1) is 5.82 Å². The predicted octanol–water partition coefficient (Wildman–Crippen LogP) is 4.44. The van der Waals surface area contributed by atoms with Gasteiger partial charge < -0.3 is 14.4 Å². The molecule has 1 aliphatic heterocycles. The third-order valence-corrected chi connectivity index (χ3v) is 6.52. The zero-order valence-corrected chi connectivity index (χ0v) is 17.2. The molecule has 1 saturated heterocycles. The summed E-state index contributed by atoms with van der Waals surface area (Å²) in [5.41, 5.74) is 6.46. The highest BCUT2D eigenvalue weighted by atomic mass is 19.1. The molecule has 4 rings (SSSR count). The van der Waals surface area contributed by atoms with E-state index in [1.807, 2.05) is 6.07 Å². The van der Waals surface area contributed by atoms with Gasteiger partial charge in [0, 0.05) is 23.6 Å². The Labute approximate surface area is 171 Å². The Morgan fingerprint density at radius 3 is 2.55 bits per heavy atom. The Morgan fingerprint density at radius 2 is 1.83 bits per heavy atom. The molecular formula is C23H28FN3O2. The molecule has 0 spiro atoms. The van der Waals surface area contributed by atoms with Crippen molar-refractivity contribution in [1.82, 2.24) is 4.90 Å². The number of hydrogen-bond acceptors (Lipinski definition) is 5. The number of likely N-dealkylation sites (N-methyl/N-ethyl adjacent to an activating group) is 1. The highest BCUT2D eigenvalue weighted by Crippen LogP contribution is 2.49. The van der Waals surface area contributed by atoms with Crippen LogP contribution in [0.15, 0.2) is 47.6 Å². The summed E-state index contributed by atoms with van der Waals surface area (Å²) in [6.07, 6.45) is 4.02. The van der Waals surface area contributed by atoms with Gasteiger partial charge in [-0.05, 0) is 74.8 Å². The fraction of sp³-hybridized carbons (Fsp3) is 0.435. The van der Waals surface area contributed by atoms with Crippen molar-refractivity contribution in [2.45, 2.75) is 37.1 Å². The van der Waals surface area contributed by atoms with Crippen LogP contribution in [-0.4, -0.2) is 44.5 Å². The average Bonchev–Trinajstić information content (AvgIpc) is 3.10. The third-order valence-electron chi connectivity index (χ3n) is 6.52. The second kappa shape index (κ2) is 8.03. The maximum absolute atomic E-state index is 13.1. The van der Waals surface area contributed by atoms with E-state index in [1.54, 1.807) is 26.4 Å². The van der Waals surface area contributed by atoms with Crippen molar-refractivity contribution in [3.05, 3.63) is 53.8 Å². The second-order valence-electron chi connectivity index (χ2n) is 7.97. The van der Waals surface area contributed by atoms with Crippen LogP contribution in [0.1, 0.15) is 31.2 Å². The quantitative estimate of drug-likeness (QED) is 0.758. The standard InChI is InChI=1S/C23H28FN3O2/c1-27-13-12-23(16-4-9-20(28-2)21(14-16)29-3)11-10-19(15-22(23)27)26-25-18-7-5-17(24)6-8-18/h4-9,14,22,25H,10-13,15H2,1-3H3/b26-19+/t22-,23-/m0/s1. The summed E-state index contributed by atoms with van der Waals surface area (Å²) in [6, 6.07) is 13.0. The van der Waals surface area contributed by atoms with Crippen molar-refractivity contribution < 1.29 is 13.9 Å². The molecule has 2 aromatic carbocycles. The minimum atomic E-state index is -0.242. The molecule has 1 aliphatic carbocycles. The van der Waals surface area contributed by atoms with E-state index in [0.29, 0.717) is 6.04 Å². The van der Waals surface area contributed by atoms with Gasteiger partial charge in [-0.2, -0.15) is 5.10 Å². The Morgan fingerprint density at radius 1 is 1.07 bits per heavy atom. The molecule has 2 aliphatic rings. The molecule has 6 heteroatoms. The Bertz CT molecular complexity index is 899. The van der Waals surface area contributed by atoms with E-state index in [0.717, 1.165) is 55.1 Å². The van der Waals surface area contributed by atoms with E-state index in [9.17, 15) is 4.39 Å². The number of nitrogens with one attached hydrogen (secondary N) is 1. The number of halogens is 1. The average molecular weight is 397 g/mol. The van der Waals surface area contributed by atoms with Gasteiger partial charge >= 0.3 is 0 Å². The van der Waals surface area contributed by atoms with Gasteiger partial charge in [0.25, 0.3) is 0 Å². The number of benzene rings is 2. The number of anilines is 1. The van der Waals surface area contributed by atoms with E-state index in [2.05, 4.69) is 34.6 Å². The zero-order valence-electron chi connectivity index (χ0n) is 17.2. The van der Waals surface area contributed by atoms with E-state index in [1.165, 1.54) is 17.7 Å². The fourth-order valence-corrected chi connectivity index (χ4v) is 4.85. The Hall–Kier alpha value is -2.60. The van der Waals surface area contributed by atoms with Crippen LogP contribution in [0.4, 0.5) is 10.1 Å². The Kier molecular flexibility index (Phi) is 5.46. The van der Waals surface area contributed by atoms with Gasteiger partial charge in [-0.3, -0.25) is 5.43 Å². The molecule has 0 radical (unpaired) electrons. The zero-order chi connectivity index (χ0) is 20.4. The lowest BCUT2D eigenvalue weighted by atomic mass is 9.65. The lowest BCUT2D eigenvalue weighted by Crippen LogP contribution is -2.46. The molecule has 0 amide bonds. The van der Waals surface area contributed by atoms with Gasteiger partial charge in [-0.1, -0.05) is 6.07 Å². The van der Waals surface area contributed by atoms with Gasteiger partial charge in [0.1, 0.15) is 5.82 Å². The number of hydrazone groups is 1. The van der Waals surface area contributed by atoms with Crippen molar-refractivity contribution in [1.29, 1.82) is 0 Å². The number of nitrogens with zero attached hydrogens (tertiary/aromatic N) is 2. The SMILES string of the molecule is COc1ccc([C@@]23CC/C(=N\Nc4ccc(F)cc4)C[C@@H]2N(C)CC3)cc1OC. The maximum atomic E-state index is 13.1. The number of hydrogen-bond donors (Lipinski definition) is 1. The number of likely N-dealkylation sites (tertiary alicyclic amines) is 1. The first kappa shape index (κ1) is 19.7. The fourth-order valence-electron chi connectivity index (χ4n) is 4.85. The third kappa shape index (κ3) is 3.69. The first-order chi connectivity index (χ1) is 14.1. The van der Waals surface area contributed by atoms with Crippen LogP contribution in [0.2, 0.25) is 0 Å². The van der Waals surface area contributed by atoms with Crippen molar-refractivity contribution in [3.8, 4) is 11.5 Å². The van der Waals surface area contributed by atoms with Gasteiger partial charge in [-0.25, -0.2) is 4.39 Å². The minimum Gasteiger partial charge on any atom is -0.493 e. The number of fused-ring (bicyclic) bond motifs is 1. The lowest BCUT2D eigenvalue weighted by Gasteiger charge is -2.42. The van der Waals surface area contributed by atoms with Crippen molar-refractivity contribution in [3.63, 3.8) is 0 Å². The van der Waals surface area contributed by atoms with Crippen LogP contribution >= 0.6 is 0 Å². The second-order valence-corrected chi connectivity index (χ2v) is 7.97. The summed E-state index contributed by atoms with van der Waals surface area (Å²) >= 11 is 0. The highest BCUT2D eigenvalue weighted by Gasteiger charge is 2.49. The molecule has 2 aromatic rings. The monoisotopic (exact) mass is 397 g/mol. The van der Waals surface area contributed by atoms with Crippen LogP contribution in [0.25, 0.3) is 0 Å². The smallest absolute Gasteiger partial charge is 0.161 e. The summed E-state index contributed by atoms with van der Waals surface area (Å²) < 4.78 is 24.1. The first-order valence-corrected chi connectivity index (χ1v) is 10.1. The van der Waals surface area contributed by atoms with E-state index < -0.39 is 0 Å². The summed E-state index contributed by atoms with van der Waals surface area (Å²) in [7, 11) is 5.55. The number of ether oxygens (including phenoxy) is 2. The molecule has 154 valence electrons. The largest absolute Gasteiger partial charge is 0.493 e. The molecule has 5 nitrogen and oxygen atoms in total. The van der Waals surface area contributed by atoms with Gasteiger partial charge in [0.05, 0.1) is 19.9 Å². The molecule has 1 heterocycles. The molecular weight excluding hydrogens is 369 g/mol. The van der Waals surface area contributed by atoms with Crippen LogP contribution in [-0.2, 0) is 5.41 Å². The normalized spacial score (nSPS) is 25.7. The summed E-state index contributed by atoms with van der Waals surface area (Å²) in [5.74, 6) is 1.30. The van der Waals surface area contributed by atoms with Crippen LogP contribution in [0.5, 0.6) is 11.5 Å². The van der Waals surface area contributed by atoms with Gasteiger partial charge in [0.15, 0.2) is 11.5 Å². The molecule has 0 bridgehead atoms. The summed E-state index contributed by atoms with van der Waals surface area (Å²) in [5, 5.41) is 4.64. The molecule has 0 aromatic heterocycles. The maximum Gasteiger partial charge on any atom is 0.161 e. The van der Waals surface area contributed by atoms with Gasteiger partial charge in [0.2, 0.25) is 0 Å². The molecule has 1 N–H and O–H groups in total. The molecule has 2 atom stereocenters. The van der Waals surface area contributed by atoms with E-state index in [-0.39, 0.29) is 11.2 Å².